The predicted molar refractivity (Wildman–Crippen MR) is 60.7 cm³/mol. The Morgan fingerprint density at radius 2 is 1.77 bits per heavy atom. The van der Waals surface area contributed by atoms with Crippen LogP contribution in [-0.4, -0.2) is 57.0 Å². The second-order valence-electron chi connectivity index (χ2n) is 5.14. The highest BCUT2D eigenvalue weighted by Gasteiger charge is 2.17. The Bertz CT molecular complexity index is 147. The third kappa shape index (κ3) is 4.00. The van der Waals surface area contributed by atoms with Crippen LogP contribution in [0.5, 0.6) is 0 Å². The average Bonchev–Trinajstić information content (AvgIpc) is 2.50. The normalized spacial score (nSPS) is 20.0. The van der Waals surface area contributed by atoms with E-state index in [4.69, 9.17) is 0 Å². The highest BCUT2D eigenvalue weighted by Crippen LogP contribution is 2.11. The van der Waals surface area contributed by atoms with Gasteiger partial charge in [-0.25, -0.2) is 0 Å². The quantitative estimate of drug-likeness (QED) is 0.617. The summed E-state index contributed by atoms with van der Waals surface area (Å²) in [5, 5.41) is 0. The highest BCUT2D eigenvalue weighted by molar-refractivity contribution is 6.04. The molecule has 0 aromatic rings. The van der Waals surface area contributed by atoms with E-state index in [0.717, 1.165) is 0 Å². The Morgan fingerprint density at radius 1 is 1.23 bits per heavy atom. The molecule has 0 spiro atoms. The summed E-state index contributed by atoms with van der Waals surface area (Å²) in [4.78, 5) is 2.59. The molecule has 0 aromatic heterocycles. The molecule has 0 unspecified atom stereocenters. The average molecular weight is 198 g/mol. The number of likely N-dealkylation sites (tertiary alicyclic amines) is 1. The molecule has 1 aliphatic rings. The van der Waals surface area contributed by atoms with Crippen molar-refractivity contribution in [1.29, 1.82) is 0 Å². The molecule has 0 aliphatic carbocycles. The van der Waals surface area contributed by atoms with Gasteiger partial charge in [0.25, 0.3) is 0 Å². The van der Waals surface area contributed by atoms with Crippen molar-refractivity contribution in [3.63, 3.8) is 0 Å². The van der Waals surface area contributed by atoms with Crippen molar-refractivity contribution in [3.8, 4) is 0 Å². The molecule has 0 bridgehead atoms. The SMILES string of the molecule is CC(C)(C)[N]([AlH2])CCN1CCCC1. The summed E-state index contributed by atoms with van der Waals surface area (Å²) in [5.41, 5.74) is 0.381. The zero-order valence-electron chi connectivity index (χ0n) is 9.64. The van der Waals surface area contributed by atoms with Gasteiger partial charge in [0.05, 0.1) is 0 Å². The Kier molecular flexibility index (Phi) is 4.25. The van der Waals surface area contributed by atoms with E-state index in [2.05, 4.69) is 29.6 Å². The van der Waals surface area contributed by atoms with Gasteiger partial charge in [-0.3, -0.25) is 0 Å². The van der Waals surface area contributed by atoms with E-state index in [9.17, 15) is 0 Å². The first-order valence-electron chi connectivity index (χ1n) is 5.44. The molecular formula is C10H23AlN2. The second-order valence-corrected chi connectivity index (χ2v) is 6.22. The van der Waals surface area contributed by atoms with E-state index in [1.54, 1.807) is 0 Å². The van der Waals surface area contributed by atoms with Gasteiger partial charge in [-0.2, -0.15) is 0 Å². The molecule has 0 saturated carbocycles. The van der Waals surface area contributed by atoms with Gasteiger partial charge in [-0.1, -0.05) is 0 Å². The maximum atomic E-state index is 2.59. The predicted octanol–water partition coefficient (Wildman–Crippen LogP) is 0.731. The number of hydrogen-bond acceptors (Lipinski definition) is 2. The molecule has 1 saturated heterocycles. The maximum Gasteiger partial charge on any atom is 0.322 e. The second kappa shape index (κ2) is 4.80. The standard InChI is InChI=1S/C10H21N2.Al.2H/c1-10(2,3)11-6-9-12-7-4-5-8-12;;;/h4-9H2,1-3H3;;;/q-1;+1;;. The summed E-state index contributed by atoms with van der Waals surface area (Å²) in [6.45, 7) is 12.1. The Morgan fingerprint density at radius 3 is 2.23 bits per heavy atom. The van der Waals surface area contributed by atoms with Crippen molar-refractivity contribution in [2.24, 2.45) is 0 Å². The van der Waals surface area contributed by atoms with Crippen molar-refractivity contribution in [1.82, 2.24) is 8.78 Å². The number of hydrogen-bond donors (Lipinski definition) is 0. The van der Waals surface area contributed by atoms with Crippen molar-refractivity contribution in [3.05, 3.63) is 0 Å². The van der Waals surface area contributed by atoms with Crippen LogP contribution in [0.3, 0.4) is 0 Å². The molecule has 1 heterocycles. The van der Waals surface area contributed by atoms with Gasteiger partial charge >= 0.3 is 16.5 Å². The molecule has 0 radical (unpaired) electrons. The lowest BCUT2D eigenvalue weighted by Crippen LogP contribution is -2.43. The first-order chi connectivity index (χ1) is 6.00. The molecule has 1 aliphatic heterocycles. The summed E-state index contributed by atoms with van der Waals surface area (Å²) >= 11 is 1.19. The van der Waals surface area contributed by atoms with E-state index in [1.165, 1.54) is 55.5 Å². The molecule has 0 amide bonds. The minimum atomic E-state index is 0.381. The fourth-order valence-electron chi connectivity index (χ4n) is 1.63. The van der Waals surface area contributed by atoms with E-state index in [-0.39, 0.29) is 0 Å². The highest BCUT2D eigenvalue weighted by atomic mass is 27.1. The van der Waals surface area contributed by atoms with Crippen molar-refractivity contribution < 1.29 is 0 Å². The molecule has 0 N–H and O–H groups in total. The van der Waals surface area contributed by atoms with Crippen LogP contribution >= 0.6 is 0 Å². The van der Waals surface area contributed by atoms with Crippen molar-refractivity contribution in [2.45, 2.75) is 39.2 Å². The molecule has 2 nitrogen and oxygen atoms in total. The van der Waals surface area contributed by atoms with Gasteiger partial charge in [0, 0.05) is 6.54 Å². The van der Waals surface area contributed by atoms with Gasteiger partial charge in [-0.15, -0.1) is 0 Å². The lowest BCUT2D eigenvalue weighted by Gasteiger charge is -2.34. The molecule has 0 aromatic carbocycles. The van der Waals surface area contributed by atoms with E-state index in [1.807, 2.05) is 0 Å². The van der Waals surface area contributed by atoms with Crippen LogP contribution in [0.15, 0.2) is 0 Å². The maximum absolute atomic E-state index is 2.59. The Labute approximate surface area is 90.9 Å². The monoisotopic (exact) mass is 198 g/mol. The van der Waals surface area contributed by atoms with Gasteiger partial charge in [0.15, 0.2) is 0 Å². The van der Waals surface area contributed by atoms with Gasteiger partial charge in [0.2, 0.25) is 0 Å². The number of rotatable bonds is 3. The molecule has 13 heavy (non-hydrogen) atoms. The smallest absolute Gasteiger partial charge is 0.322 e. The lowest BCUT2D eigenvalue weighted by molar-refractivity contribution is 0.222. The third-order valence-electron chi connectivity index (χ3n) is 3.10. The van der Waals surface area contributed by atoms with Crippen LogP contribution in [-0.2, 0) is 0 Å². The van der Waals surface area contributed by atoms with Crippen LogP contribution in [0.1, 0.15) is 33.6 Å². The van der Waals surface area contributed by atoms with E-state index in [0.29, 0.717) is 5.54 Å². The summed E-state index contributed by atoms with van der Waals surface area (Å²) in [7, 11) is 0. The van der Waals surface area contributed by atoms with Crippen LogP contribution in [0.4, 0.5) is 0 Å². The number of nitrogens with zero attached hydrogens (tertiary/aromatic N) is 2. The molecular weight excluding hydrogens is 175 g/mol. The van der Waals surface area contributed by atoms with E-state index >= 15 is 0 Å². The zero-order chi connectivity index (χ0) is 9.90. The Hall–Kier alpha value is 0.452. The first kappa shape index (κ1) is 11.5. The molecule has 1 fully saturated rings. The van der Waals surface area contributed by atoms with Gasteiger partial charge < -0.3 is 8.78 Å². The zero-order valence-corrected chi connectivity index (χ0v) is 11.6. The van der Waals surface area contributed by atoms with Crippen molar-refractivity contribution >= 4 is 16.5 Å². The fraction of sp³-hybridized carbons (Fsp3) is 1.00. The largest absolute Gasteiger partial charge is 0.385 e. The minimum absolute atomic E-state index is 0.381. The molecule has 0 atom stereocenters. The molecule has 76 valence electrons. The van der Waals surface area contributed by atoms with E-state index < -0.39 is 0 Å². The van der Waals surface area contributed by atoms with Crippen LogP contribution in [0, 0.1) is 0 Å². The van der Waals surface area contributed by atoms with Crippen LogP contribution in [0.25, 0.3) is 0 Å². The third-order valence-corrected chi connectivity index (χ3v) is 4.88. The Balaban J connectivity index is 2.17. The molecule has 1 rings (SSSR count). The topological polar surface area (TPSA) is 6.48 Å². The van der Waals surface area contributed by atoms with Crippen LogP contribution < -0.4 is 0 Å². The van der Waals surface area contributed by atoms with Gasteiger partial charge in [0.1, 0.15) is 0 Å². The minimum Gasteiger partial charge on any atom is -0.385 e. The summed E-state index contributed by atoms with van der Waals surface area (Å²) in [6.07, 6.45) is 2.83. The summed E-state index contributed by atoms with van der Waals surface area (Å²) < 4.78 is 2.57. The lowest BCUT2D eigenvalue weighted by atomic mass is 10.1. The summed E-state index contributed by atoms with van der Waals surface area (Å²) in [6, 6.07) is 0. The van der Waals surface area contributed by atoms with Crippen LogP contribution in [0.2, 0.25) is 0 Å². The van der Waals surface area contributed by atoms with Crippen molar-refractivity contribution in [2.75, 3.05) is 26.2 Å². The summed E-state index contributed by atoms with van der Waals surface area (Å²) in [5.74, 6) is 0. The van der Waals surface area contributed by atoms with Gasteiger partial charge in [-0.05, 0) is 58.8 Å². The first-order valence-corrected chi connectivity index (χ1v) is 6.33. The molecule has 3 heteroatoms. The fourth-order valence-corrected chi connectivity index (χ4v) is 1.83.